The van der Waals surface area contributed by atoms with Gasteiger partial charge in [0.05, 0.1) is 28.6 Å². The van der Waals surface area contributed by atoms with Gasteiger partial charge in [-0.25, -0.2) is 4.98 Å². The summed E-state index contributed by atoms with van der Waals surface area (Å²) in [5.74, 6) is -0.792. The largest absolute Gasteiger partial charge is 0.338 e. The smallest absolute Gasteiger partial charge is 0.245 e. The predicted octanol–water partition coefficient (Wildman–Crippen LogP) is 2.50. The van der Waals surface area contributed by atoms with Crippen molar-refractivity contribution in [3.63, 3.8) is 0 Å². The van der Waals surface area contributed by atoms with E-state index in [9.17, 15) is 14.4 Å². The topological polar surface area (TPSA) is 73.8 Å². The highest BCUT2D eigenvalue weighted by Crippen LogP contribution is 2.39. The van der Waals surface area contributed by atoms with Gasteiger partial charge in [0.2, 0.25) is 17.7 Å². The highest BCUT2D eigenvalue weighted by molar-refractivity contribution is 7.18. The molecule has 3 heterocycles. The van der Waals surface area contributed by atoms with Gasteiger partial charge in [0.1, 0.15) is 11.0 Å². The lowest BCUT2D eigenvalue weighted by Crippen LogP contribution is -2.55. The molecule has 1 aromatic heterocycles. The third kappa shape index (κ3) is 3.76. The maximum Gasteiger partial charge on any atom is 0.245 e. The maximum absolute atomic E-state index is 13.1. The second kappa shape index (κ2) is 8.31. The Hall–Kier alpha value is -2.32. The second-order valence-electron chi connectivity index (χ2n) is 8.90. The van der Waals surface area contributed by atoms with Gasteiger partial charge in [-0.2, -0.15) is 0 Å². The van der Waals surface area contributed by atoms with E-state index in [1.807, 2.05) is 23.1 Å². The third-order valence-corrected chi connectivity index (χ3v) is 8.02. The first-order valence-electron chi connectivity index (χ1n) is 11.3. The van der Waals surface area contributed by atoms with E-state index in [2.05, 4.69) is 11.0 Å². The van der Waals surface area contributed by atoms with E-state index >= 15 is 0 Å². The van der Waals surface area contributed by atoms with Crippen LogP contribution in [0.4, 0.5) is 0 Å². The summed E-state index contributed by atoms with van der Waals surface area (Å²) in [4.78, 5) is 48.9. The number of piperazine rings is 1. The molecule has 2 aliphatic heterocycles. The van der Waals surface area contributed by atoms with E-state index in [1.54, 1.807) is 18.3 Å². The van der Waals surface area contributed by atoms with Crippen LogP contribution in [-0.4, -0.2) is 69.6 Å². The van der Waals surface area contributed by atoms with Gasteiger partial charge >= 0.3 is 0 Å². The van der Waals surface area contributed by atoms with Crippen molar-refractivity contribution in [1.29, 1.82) is 0 Å². The van der Waals surface area contributed by atoms with E-state index in [1.165, 1.54) is 9.60 Å². The summed E-state index contributed by atoms with van der Waals surface area (Å²) in [5.41, 5.74) is 1.03. The molecule has 8 heteroatoms. The fourth-order valence-electron chi connectivity index (χ4n) is 5.25. The van der Waals surface area contributed by atoms with Gasteiger partial charge in [0.15, 0.2) is 0 Å². The number of fused-ring (bicyclic) bond motifs is 2. The summed E-state index contributed by atoms with van der Waals surface area (Å²) in [7, 11) is 0. The minimum Gasteiger partial charge on any atom is -0.338 e. The molecule has 1 aromatic carbocycles. The quantitative estimate of drug-likeness (QED) is 0.683. The molecule has 7 nitrogen and oxygen atoms in total. The molecule has 2 aromatic rings. The molecule has 3 amide bonds. The van der Waals surface area contributed by atoms with Crippen molar-refractivity contribution >= 4 is 39.3 Å². The van der Waals surface area contributed by atoms with Crippen LogP contribution in [0.2, 0.25) is 0 Å². The van der Waals surface area contributed by atoms with Crippen molar-refractivity contribution in [2.75, 3.05) is 26.2 Å². The Bertz CT molecular complexity index is 956. The number of aromatic nitrogens is 1. The molecule has 3 atom stereocenters. The molecular formula is C23H28N4O3S. The molecule has 1 saturated carbocycles. The Balaban J connectivity index is 1.19. The number of rotatable bonds is 4. The minimum atomic E-state index is -0.707. The van der Waals surface area contributed by atoms with E-state index in [0.717, 1.165) is 55.8 Å². The van der Waals surface area contributed by atoms with E-state index in [4.69, 9.17) is 4.98 Å². The van der Waals surface area contributed by atoms with E-state index in [-0.39, 0.29) is 29.6 Å². The van der Waals surface area contributed by atoms with Gasteiger partial charge in [-0.1, -0.05) is 25.0 Å². The van der Waals surface area contributed by atoms with Crippen LogP contribution in [-0.2, 0) is 20.9 Å². The van der Waals surface area contributed by atoms with Crippen LogP contribution >= 0.6 is 11.3 Å². The van der Waals surface area contributed by atoms with Gasteiger partial charge in [0.25, 0.3) is 0 Å². The van der Waals surface area contributed by atoms with Gasteiger partial charge in [-0.15, -0.1) is 11.3 Å². The van der Waals surface area contributed by atoms with Crippen molar-refractivity contribution in [2.45, 2.75) is 45.2 Å². The van der Waals surface area contributed by atoms with Crippen LogP contribution in [0.25, 0.3) is 10.2 Å². The Labute approximate surface area is 186 Å². The standard InChI is InChI=1S/C23H28N4O3S/c1-15(27-22(29)16-6-2-3-7-17(16)23(27)30)21(28)26-12-10-25(11-13-26)14-20-24-18-8-4-5-9-19(18)31-20/h4-5,8-9,15-17H,2-3,6-7,10-14H2,1H3. The molecule has 3 fully saturated rings. The predicted molar refractivity (Wildman–Crippen MR) is 118 cm³/mol. The van der Waals surface area contributed by atoms with Gasteiger partial charge in [0, 0.05) is 26.2 Å². The first kappa shape index (κ1) is 20.6. The Morgan fingerprint density at radius 3 is 2.35 bits per heavy atom. The fourth-order valence-corrected chi connectivity index (χ4v) is 6.26. The fraction of sp³-hybridized carbons (Fsp3) is 0.565. The molecule has 5 rings (SSSR count). The van der Waals surface area contributed by atoms with Crippen LogP contribution in [0.1, 0.15) is 37.6 Å². The lowest BCUT2D eigenvalue weighted by atomic mass is 9.81. The van der Waals surface area contributed by atoms with E-state index in [0.29, 0.717) is 13.1 Å². The zero-order chi connectivity index (χ0) is 21.5. The van der Waals surface area contributed by atoms with Gasteiger partial charge in [-0.05, 0) is 31.9 Å². The summed E-state index contributed by atoms with van der Waals surface area (Å²) < 4.78 is 1.20. The molecule has 0 bridgehead atoms. The minimum absolute atomic E-state index is 0.111. The number of benzene rings is 1. The number of imide groups is 1. The lowest BCUT2D eigenvalue weighted by Gasteiger charge is -2.36. The van der Waals surface area contributed by atoms with Crippen molar-refractivity contribution in [3.8, 4) is 0 Å². The summed E-state index contributed by atoms with van der Waals surface area (Å²) in [5, 5.41) is 1.09. The highest BCUT2D eigenvalue weighted by atomic mass is 32.1. The maximum atomic E-state index is 13.1. The van der Waals surface area contributed by atoms with Crippen LogP contribution in [0.15, 0.2) is 24.3 Å². The average Bonchev–Trinajstić information content (AvgIpc) is 3.31. The molecule has 0 N–H and O–H groups in total. The Morgan fingerprint density at radius 2 is 1.71 bits per heavy atom. The van der Waals surface area contributed by atoms with Crippen molar-refractivity contribution in [1.82, 2.24) is 19.7 Å². The third-order valence-electron chi connectivity index (χ3n) is 7.00. The molecule has 0 spiro atoms. The summed E-state index contributed by atoms with van der Waals surface area (Å²) >= 11 is 1.71. The molecule has 164 valence electrons. The number of hydrogen-bond acceptors (Lipinski definition) is 6. The molecule has 2 saturated heterocycles. The van der Waals surface area contributed by atoms with Crippen LogP contribution in [0.5, 0.6) is 0 Å². The van der Waals surface area contributed by atoms with Gasteiger partial charge < -0.3 is 4.90 Å². The zero-order valence-electron chi connectivity index (χ0n) is 17.8. The van der Waals surface area contributed by atoms with Crippen LogP contribution in [0, 0.1) is 11.8 Å². The summed E-state index contributed by atoms with van der Waals surface area (Å²) in [6, 6.07) is 7.44. The monoisotopic (exact) mass is 440 g/mol. The number of hydrogen-bond donors (Lipinski definition) is 0. The molecule has 0 radical (unpaired) electrons. The summed E-state index contributed by atoms with van der Waals surface area (Å²) in [6.07, 6.45) is 3.54. The first-order valence-corrected chi connectivity index (χ1v) is 12.1. The molecule has 3 unspecified atom stereocenters. The Morgan fingerprint density at radius 1 is 1.06 bits per heavy atom. The van der Waals surface area contributed by atoms with Crippen LogP contribution in [0.3, 0.4) is 0 Å². The second-order valence-corrected chi connectivity index (χ2v) is 10.0. The zero-order valence-corrected chi connectivity index (χ0v) is 18.6. The number of amides is 3. The number of nitrogens with zero attached hydrogens (tertiary/aromatic N) is 4. The number of carbonyl (C=O) groups excluding carboxylic acids is 3. The van der Waals surface area contributed by atoms with Crippen LogP contribution < -0.4 is 0 Å². The number of carbonyl (C=O) groups is 3. The number of thiazole rings is 1. The normalized spacial score (nSPS) is 25.8. The average molecular weight is 441 g/mol. The van der Waals surface area contributed by atoms with Gasteiger partial charge in [-0.3, -0.25) is 24.2 Å². The summed E-state index contributed by atoms with van der Waals surface area (Å²) in [6.45, 7) is 5.24. The Kier molecular flexibility index (Phi) is 5.52. The van der Waals surface area contributed by atoms with Crippen molar-refractivity contribution in [2.24, 2.45) is 11.8 Å². The molecule has 31 heavy (non-hydrogen) atoms. The molecular weight excluding hydrogens is 412 g/mol. The highest BCUT2D eigenvalue weighted by Gasteiger charge is 2.51. The lowest BCUT2D eigenvalue weighted by molar-refractivity contribution is -0.151. The molecule has 1 aliphatic carbocycles. The first-order chi connectivity index (χ1) is 15.0. The molecule has 3 aliphatic rings. The SMILES string of the molecule is CC(C(=O)N1CCN(Cc2nc3ccccc3s2)CC1)N1C(=O)C2CCCCC2C1=O. The van der Waals surface area contributed by atoms with Crippen molar-refractivity contribution in [3.05, 3.63) is 29.3 Å². The van der Waals surface area contributed by atoms with Crippen molar-refractivity contribution < 1.29 is 14.4 Å². The number of likely N-dealkylation sites (tertiary alicyclic amines) is 1. The number of para-hydroxylation sites is 1. The van der Waals surface area contributed by atoms with E-state index < -0.39 is 6.04 Å².